The molecule has 2 N–H and O–H groups in total. The van der Waals surface area contributed by atoms with Crippen molar-refractivity contribution in [2.24, 2.45) is 0 Å². The Hall–Kier alpha value is -2.01. The van der Waals surface area contributed by atoms with Gasteiger partial charge in [0.25, 0.3) is 0 Å². The summed E-state index contributed by atoms with van der Waals surface area (Å²) in [6, 6.07) is 13.9. The molecule has 4 nitrogen and oxygen atoms in total. The fourth-order valence-electron chi connectivity index (χ4n) is 2.24. The van der Waals surface area contributed by atoms with Crippen molar-refractivity contribution in [3.63, 3.8) is 0 Å². The summed E-state index contributed by atoms with van der Waals surface area (Å²) in [4.78, 5) is 4.39. The average molecular weight is 332 g/mol. The molecule has 0 amide bonds. The second-order valence-corrected chi connectivity index (χ2v) is 5.46. The van der Waals surface area contributed by atoms with Gasteiger partial charge in [-0.2, -0.15) is 0 Å². The van der Waals surface area contributed by atoms with Gasteiger partial charge >= 0.3 is 0 Å². The van der Waals surface area contributed by atoms with Crippen molar-refractivity contribution in [2.75, 3.05) is 12.8 Å². The molecule has 3 rings (SSSR count). The van der Waals surface area contributed by atoms with Crippen LogP contribution in [0.25, 0.3) is 11.0 Å². The van der Waals surface area contributed by atoms with Crippen LogP contribution in [0.15, 0.2) is 46.9 Å². The highest BCUT2D eigenvalue weighted by atomic mass is 79.9. The number of hydrogen-bond acceptors (Lipinski definition) is 3. The number of nitrogens with two attached hydrogens (primary N) is 1. The first-order valence-electron chi connectivity index (χ1n) is 6.21. The van der Waals surface area contributed by atoms with E-state index in [4.69, 9.17) is 10.5 Å². The predicted molar refractivity (Wildman–Crippen MR) is 83.9 cm³/mol. The van der Waals surface area contributed by atoms with Crippen LogP contribution in [0.1, 0.15) is 5.56 Å². The summed E-state index contributed by atoms with van der Waals surface area (Å²) in [7, 11) is 1.66. The number of methoxy groups -OCH3 is 1. The molecule has 0 aliphatic heterocycles. The lowest BCUT2D eigenvalue weighted by Crippen LogP contribution is -2.04. The Morgan fingerprint density at radius 3 is 2.90 bits per heavy atom. The third-order valence-electron chi connectivity index (χ3n) is 3.21. The lowest BCUT2D eigenvalue weighted by Gasteiger charge is -2.08. The van der Waals surface area contributed by atoms with Crippen molar-refractivity contribution in [3.05, 3.63) is 52.5 Å². The van der Waals surface area contributed by atoms with Crippen LogP contribution < -0.4 is 10.5 Å². The van der Waals surface area contributed by atoms with E-state index in [9.17, 15) is 0 Å². The molecule has 20 heavy (non-hydrogen) atoms. The normalized spacial score (nSPS) is 10.9. The fraction of sp³-hybridized carbons (Fsp3) is 0.133. The molecule has 0 unspecified atom stereocenters. The van der Waals surface area contributed by atoms with E-state index < -0.39 is 0 Å². The first-order valence-corrected chi connectivity index (χ1v) is 7.01. The van der Waals surface area contributed by atoms with Crippen LogP contribution in [0.3, 0.4) is 0 Å². The predicted octanol–water partition coefficient (Wildman–Crippen LogP) is 3.44. The van der Waals surface area contributed by atoms with Crippen molar-refractivity contribution in [2.45, 2.75) is 6.54 Å². The SMILES string of the molecule is COc1cccc(Cn2c(N)nc3cc(Br)ccc32)c1. The van der Waals surface area contributed by atoms with Crippen molar-refractivity contribution >= 4 is 32.9 Å². The topological polar surface area (TPSA) is 53.1 Å². The first-order chi connectivity index (χ1) is 9.67. The van der Waals surface area contributed by atoms with Gasteiger partial charge in [-0.15, -0.1) is 0 Å². The second-order valence-electron chi connectivity index (χ2n) is 4.54. The number of ether oxygens (including phenoxy) is 1. The molecule has 0 atom stereocenters. The van der Waals surface area contributed by atoms with Gasteiger partial charge in [0, 0.05) is 4.47 Å². The van der Waals surface area contributed by atoms with Crippen LogP contribution >= 0.6 is 15.9 Å². The van der Waals surface area contributed by atoms with Crippen LogP contribution in [0.2, 0.25) is 0 Å². The summed E-state index contributed by atoms with van der Waals surface area (Å²) in [6.07, 6.45) is 0. The molecule has 3 aromatic rings. The summed E-state index contributed by atoms with van der Waals surface area (Å²) in [5, 5.41) is 0. The molecule has 1 heterocycles. The Bertz CT molecular complexity index is 767. The van der Waals surface area contributed by atoms with Gasteiger partial charge in [-0.3, -0.25) is 0 Å². The summed E-state index contributed by atoms with van der Waals surface area (Å²) in [5.41, 5.74) is 9.06. The highest BCUT2D eigenvalue weighted by molar-refractivity contribution is 9.10. The Morgan fingerprint density at radius 1 is 1.25 bits per heavy atom. The number of nitrogen functional groups attached to an aromatic ring is 1. The van der Waals surface area contributed by atoms with E-state index in [0.717, 1.165) is 26.8 Å². The number of rotatable bonds is 3. The Morgan fingerprint density at radius 2 is 2.10 bits per heavy atom. The summed E-state index contributed by atoms with van der Waals surface area (Å²) >= 11 is 3.45. The molecule has 0 saturated carbocycles. The van der Waals surface area contributed by atoms with Gasteiger partial charge in [-0.1, -0.05) is 28.1 Å². The van der Waals surface area contributed by atoms with Crippen molar-refractivity contribution < 1.29 is 4.74 Å². The monoisotopic (exact) mass is 331 g/mol. The van der Waals surface area contributed by atoms with Crippen molar-refractivity contribution in [1.29, 1.82) is 0 Å². The number of anilines is 1. The van der Waals surface area contributed by atoms with Gasteiger partial charge < -0.3 is 15.0 Å². The molecule has 5 heteroatoms. The maximum absolute atomic E-state index is 6.03. The minimum atomic E-state index is 0.515. The van der Waals surface area contributed by atoms with Gasteiger partial charge in [0.05, 0.1) is 24.7 Å². The minimum absolute atomic E-state index is 0.515. The molecule has 0 aliphatic rings. The smallest absolute Gasteiger partial charge is 0.201 e. The fourth-order valence-corrected chi connectivity index (χ4v) is 2.59. The Labute approximate surface area is 125 Å². The van der Waals surface area contributed by atoms with Gasteiger partial charge in [0.1, 0.15) is 5.75 Å². The number of benzene rings is 2. The minimum Gasteiger partial charge on any atom is -0.497 e. The van der Waals surface area contributed by atoms with Crippen LogP contribution in [0.5, 0.6) is 5.75 Å². The molecule has 0 fully saturated rings. The first kappa shape index (κ1) is 13.0. The average Bonchev–Trinajstić information content (AvgIpc) is 2.74. The number of halogens is 1. The van der Waals surface area contributed by atoms with E-state index in [1.54, 1.807) is 7.11 Å². The quantitative estimate of drug-likeness (QED) is 0.799. The zero-order valence-corrected chi connectivity index (χ0v) is 12.6. The Kier molecular flexibility index (Phi) is 3.36. The molecule has 0 bridgehead atoms. The lowest BCUT2D eigenvalue weighted by molar-refractivity contribution is 0.414. The maximum Gasteiger partial charge on any atom is 0.201 e. The summed E-state index contributed by atoms with van der Waals surface area (Å²) in [6.45, 7) is 0.668. The van der Waals surface area contributed by atoms with Crippen molar-refractivity contribution in [3.8, 4) is 5.75 Å². The Balaban J connectivity index is 2.03. The zero-order valence-electron chi connectivity index (χ0n) is 11.0. The number of aromatic nitrogens is 2. The van der Waals surface area contributed by atoms with E-state index in [0.29, 0.717) is 12.5 Å². The number of imidazole rings is 1. The van der Waals surface area contributed by atoms with Crippen LogP contribution in [0.4, 0.5) is 5.95 Å². The number of nitrogens with zero attached hydrogens (tertiary/aromatic N) is 2. The third kappa shape index (κ3) is 2.36. The molecule has 0 spiro atoms. The van der Waals surface area contributed by atoms with E-state index >= 15 is 0 Å². The molecule has 0 saturated heterocycles. The third-order valence-corrected chi connectivity index (χ3v) is 3.71. The van der Waals surface area contributed by atoms with E-state index in [1.165, 1.54) is 0 Å². The second kappa shape index (κ2) is 5.17. The summed E-state index contributed by atoms with van der Waals surface area (Å²) in [5.74, 6) is 1.36. The standard InChI is InChI=1S/C15H14BrN3O/c1-20-12-4-2-3-10(7-12)9-19-14-6-5-11(16)8-13(14)18-15(19)17/h2-8H,9H2,1H3,(H2,17,18). The van der Waals surface area contributed by atoms with Crippen LogP contribution in [-0.2, 0) is 6.54 Å². The van der Waals surface area contributed by atoms with Crippen LogP contribution in [-0.4, -0.2) is 16.7 Å². The molecule has 0 radical (unpaired) electrons. The maximum atomic E-state index is 6.03. The van der Waals surface area contributed by atoms with Gasteiger partial charge in [0.2, 0.25) is 5.95 Å². The molecular weight excluding hydrogens is 318 g/mol. The van der Waals surface area contributed by atoms with E-state index in [-0.39, 0.29) is 0 Å². The highest BCUT2D eigenvalue weighted by Gasteiger charge is 2.09. The molecule has 2 aromatic carbocycles. The van der Waals surface area contributed by atoms with Gasteiger partial charge in [0.15, 0.2) is 0 Å². The molecular formula is C15H14BrN3O. The molecule has 1 aromatic heterocycles. The largest absolute Gasteiger partial charge is 0.497 e. The number of fused-ring (bicyclic) bond motifs is 1. The molecule has 0 aliphatic carbocycles. The highest BCUT2D eigenvalue weighted by Crippen LogP contribution is 2.23. The molecule has 102 valence electrons. The van der Waals surface area contributed by atoms with Crippen LogP contribution in [0, 0.1) is 0 Å². The zero-order chi connectivity index (χ0) is 14.1. The van der Waals surface area contributed by atoms with Gasteiger partial charge in [-0.05, 0) is 35.9 Å². The van der Waals surface area contributed by atoms with Crippen molar-refractivity contribution in [1.82, 2.24) is 9.55 Å². The lowest BCUT2D eigenvalue weighted by atomic mass is 10.2. The van der Waals surface area contributed by atoms with E-state index in [1.807, 2.05) is 47.0 Å². The number of hydrogen-bond donors (Lipinski definition) is 1. The summed E-state index contributed by atoms with van der Waals surface area (Å²) < 4.78 is 8.24. The van der Waals surface area contributed by atoms with Gasteiger partial charge in [-0.25, -0.2) is 4.98 Å². The van der Waals surface area contributed by atoms with E-state index in [2.05, 4.69) is 20.9 Å².